The summed E-state index contributed by atoms with van der Waals surface area (Å²) < 4.78 is 25.0. The van der Waals surface area contributed by atoms with Crippen LogP contribution in [0, 0.1) is 12.7 Å². The van der Waals surface area contributed by atoms with E-state index in [1.54, 1.807) is 50.4 Å². The molecule has 2 aromatic carbocycles. The quantitative estimate of drug-likeness (QED) is 0.377. The number of methoxy groups -OCH3 is 1. The summed E-state index contributed by atoms with van der Waals surface area (Å²) >= 11 is 1.24. The van der Waals surface area contributed by atoms with E-state index in [4.69, 9.17) is 9.26 Å². The van der Waals surface area contributed by atoms with Crippen LogP contribution in [0.5, 0.6) is 5.75 Å². The average molecular weight is 492 g/mol. The van der Waals surface area contributed by atoms with E-state index >= 15 is 0 Å². The Balaban J connectivity index is 1.41. The number of benzene rings is 2. The largest absolute Gasteiger partial charge is 0.497 e. The normalized spacial score (nSPS) is 11.1. The fourth-order valence-corrected chi connectivity index (χ4v) is 4.60. The third-order valence-corrected chi connectivity index (χ3v) is 6.52. The van der Waals surface area contributed by atoms with Crippen molar-refractivity contribution in [3.05, 3.63) is 76.6 Å². The van der Waals surface area contributed by atoms with Crippen LogP contribution in [0.1, 0.15) is 5.56 Å². The zero-order chi connectivity index (χ0) is 24.5. The fourth-order valence-electron chi connectivity index (χ4n) is 3.54. The second-order valence-corrected chi connectivity index (χ2v) is 8.62. The zero-order valence-electron chi connectivity index (χ0n) is 18.6. The van der Waals surface area contributed by atoms with Crippen LogP contribution in [0.15, 0.2) is 64.2 Å². The van der Waals surface area contributed by atoms with Crippen LogP contribution in [0.2, 0.25) is 0 Å². The van der Waals surface area contributed by atoms with Crippen molar-refractivity contribution in [1.82, 2.24) is 19.7 Å². The highest BCUT2D eigenvalue weighted by Gasteiger charge is 2.21. The molecule has 176 valence electrons. The Bertz CT molecular complexity index is 1590. The number of ether oxygens (including phenoxy) is 1. The highest BCUT2D eigenvalue weighted by atomic mass is 32.1. The SMILES string of the molecule is COc1ccc(NC(=O)Cn2cnc3sc(-c4nc(-c5ccc(F)cc5)no4)c(C)c3c2=O)cc1. The van der Waals surface area contributed by atoms with Gasteiger partial charge in [-0.1, -0.05) is 5.16 Å². The van der Waals surface area contributed by atoms with Crippen LogP contribution in [0.25, 0.3) is 32.4 Å². The maximum absolute atomic E-state index is 13.2. The second-order valence-electron chi connectivity index (χ2n) is 7.62. The van der Waals surface area contributed by atoms with Gasteiger partial charge in [0.2, 0.25) is 11.7 Å². The van der Waals surface area contributed by atoms with Gasteiger partial charge in [-0.2, -0.15) is 4.98 Å². The van der Waals surface area contributed by atoms with Crippen molar-refractivity contribution in [3.8, 4) is 27.9 Å². The molecule has 9 nitrogen and oxygen atoms in total. The Hall–Kier alpha value is -4.38. The van der Waals surface area contributed by atoms with Crippen molar-refractivity contribution in [3.63, 3.8) is 0 Å². The van der Waals surface area contributed by atoms with E-state index in [9.17, 15) is 14.0 Å². The standard InChI is InChI=1S/C24H18FN5O4S/c1-13-19-23(35-20(13)22-28-21(29-34-22)14-3-5-15(25)6-4-14)26-12-30(24(19)32)11-18(31)27-16-7-9-17(33-2)10-8-16/h3-10,12H,11H2,1-2H3,(H,27,31). The van der Waals surface area contributed by atoms with E-state index in [1.165, 1.54) is 34.4 Å². The van der Waals surface area contributed by atoms with Gasteiger partial charge >= 0.3 is 0 Å². The number of halogens is 1. The van der Waals surface area contributed by atoms with Crippen molar-refractivity contribution in [2.75, 3.05) is 12.4 Å². The first-order valence-electron chi connectivity index (χ1n) is 10.5. The van der Waals surface area contributed by atoms with Gasteiger partial charge in [0, 0.05) is 11.3 Å². The molecule has 35 heavy (non-hydrogen) atoms. The van der Waals surface area contributed by atoms with Crippen molar-refractivity contribution in [2.24, 2.45) is 0 Å². The number of hydrogen-bond donors (Lipinski definition) is 1. The van der Waals surface area contributed by atoms with Gasteiger partial charge in [-0.25, -0.2) is 9.37 Å². The molecule has 5 aromatic rings. The minimum Gasteiger partial charge on any atom is -0.497 e. The number of amides is 1. The lowest BCUT2D eigenvalue weighted by Crippen LogP contribution is -2.27. The van der Waals surface area contributed by atoms with Crippen LogP contribution in [-0.4, -0.2) is 32.7 Å². The molecule has 0 radical (unpaired) electrons. The molecule has 3 heterocycles. The van der Waals surface area contributed by atoms with Crippen molar-refractivity contribution in [2.45, 2.75) is 13.5 Å². The topological polar surface area (TPSA) is 112 Å². The van der Waals surface area contributed by atoms with Gasteiger partial charge in [0.15, 0.2) is 0 Å². The van der Waals surface area contributed by atoms with Crippen LogP contribution in [0.3, 0.4) is 0 Å². The molecule has 11 heteroatoms. The summed E-state index contributed by atoms with van der Waals surface area (Å²) in [6, 6.07) is 12.6. The minimum absolute atomic E-state index is 0.201. The van der Waals surface area contributed by atoms with Gasteiger partial charge in [-0.05, 0) is 61.0 Å². The van der Waals surface area contributed by atoms with Crippen LogP contribution in [-0.2, 0) is 11.3 Å². The number of hydrogen-bond acceptors (Lipinski definition) is 8. The number of anilines is 1. The second kappa shape index (κ2) is 9.11. The molecule has 0 spiro atoms. The van der Waals surface area contributed by atoms with Crippen molar-refractivity contribution in [1.29, 1.82) is 0 Å². The molecular formula is C24H18FN5O4S. The lowest BCUT2D eigenvalue weighted by Gasteiger charge is -2.08. The first-order valence-corrected chi connectivity index (χ1v) is 11.3. The Labute approximate surface area is 201 Å². The molecule has 0 saturated heterocycles. The molecule has 0 unspecified atom stereocenters. The minimum atomic E-state index is -0.368. The van der Waals surface area contributed by atoms with Gasteiger partial charge in [0.25, 0.3) is 11.4 Å². The van der Waals surface area contributed by atoms with Crippen LogP contribution in [0.4, 0.5) is 10.1 Å². The van der Waals surface area contributed by atoms with Crippen molar-refractivity contribution < 1.29 is 18.4 Å². The maximum Gasteiger partial charge on any atom is 0.268 e. The number of carbonyl (C=O) groups excluding carboxylic acids is 1. The molecule has 0 bridgehead atoms. The van der Waals surface area contributed by atoms with Crippen LogP contribution < -0.4 is 15.6 Å². The molecule has 3 aromatic heterocycles. The van der Waals surface area contributed by atoms with Gasteiger partial charge in [0.05, 0.1) is 23.7 Å². The van der Waals surface area contributed by atoms with Crippen LogP contribution >= 0.6 is 11.3 Å². The number of aryl methyl sites for hydroxylation is 1. The van der Waals surface area contributed by atoms with Gasteiger partial charge < -0.3 is 14.6 Å². The summed E-state index contributed by atoms with van der Waals surface area (Å²) in [5, 5.41) is 7.10. The lowest BCUT2D eigenvalue weighted by atomic mass is 10.2. The predicted molar refractivity (Wildman–Crippen MR) is 129 cm³/mol. The molecule has 0 fully saturated rings. The van der Waals surface area contributed by atoms with E-state index in [-0.39, 0.29) is 29.7 Å². The summed E-state index contributed by atoms with van der Waals surface area (Å²) in [4.78, 5) is 35.5. The first kappa shape index (κ1) is 22.4. The highest BCUT2D eigenvalue weighted by Crippen LogP contribution is 2.35. The Morgan fingerprint density at radius 1 is 1.17 bits per heavy atom. The molecule has 0 aliphatic carbocycles. The number of aromatic nitrogens is 4. The van der Waals surface area contributed by atoms with E-state index in [2.05, 4.69) is 20.4 Å². The number of nitrogens with zero attached hydrogens (tertiary/aromatic N) is 4. The number of nitrogens with one attached hydrogen (secondary N) is 1. The highest BCUT2D eigenvalue weighted by molar-refractivity contribution is 7.22. The van der Waals surface area contributed by atoms with E-state index < -0.39 is 0 Å². The Morgan fingerprint density at radius 2 is 1.91 bits per heavy atom. The number of thiophene rings is 1. The summed E-state index contributed by atoms with van der Waals surface area (Å²) in [6.45, 7) is 1.56. The molecule has 0 saturated carbocycles. The maximum atomic E-state index is 13.2. The van der Waals surface area contributed by atoms with Gasteiger partial charge in [-0.3, -0.25) is 14.2 Å². The zero-order valence-corrected chi connectivity index (χ0v) is 19.4. The van der Waals surface area contributed by atoms with Gasteiger partial charge in [-0.15, -0.1) is 11.3 Å². The summed E-state index contributed by atoms with van der Waals surface area (Å²) in [7, 11) is 1.56. The predicted octanol–water partition coefficient (Wildman–Crippen LogP) is 4.27. The molecule has 1 N–H and O–H groups in total. The van der Waals surface area contributed by atoms with E-state index in [0.717, 1.165) is 0 Å². The molecule has 0 aliphatic rings. The Morgan fingerprint density at radius 3 is 2.63 bits per heavy atom. The Kier molecular flexibility index (Phi) is 5.83. The molecule has 1 amide bonds. The summed E-state index contributed by atoms with van der Waals surface area (Å²) in [5.41, 5.74) is 1.46. The monoisotopic (exact) mass is 491 g/mol. The fraction of sp³-hybridized carbons (Fsp3) is 0.125. The number of fused-ring (bicyclic) bond motifs is 1. The average Bonchev–Trinajstić information content (AvgIpc) is 3.47. The molecule has 5 rings (SSSR count). The van der Waals surface area contributed by atoms with Crippen molar-refractivity contribution >= 4 is 33.1 Å². The van der Waals surface area contributed by atoms with Gasteiger partial charge in [0.1, 0.15) is 22.9 Å². The number of carbonyl (C=O) groups is 1. The third-order valence-electron chi connectivity index (χ3n) is 5.33. The smallest absolute Gasteiger partial charge is 0.268 e. The molecule has 0 atom stereocenters. The third kappa shape index (κ3) is 4.41. The summed E-state index contributed by atoms with van der Waals surface area (Å²) in [5.74, 6) is 0.472. The van der Waals surface area contributed by atoms with E-state index in [1.807, 2.05) is 0 Å². The van der Waals surface area contributed by atoms with E-state index in [0.29, 0.717) is 43.5 Å². The summed E-state index contributed by atoms with van der Waals surface area (Å²) in [6.07, 6.45) is 1.34. The first-order chi connectivity index (χ1) is 16.9. The number of rotatable bonds is 6. The molecule has 0 aliphatic heterocycles. The molecular weight excluding hydrogens is 473 g/mol. The lowest BCUT2D eigenvalue weighted by molar-refractivity contribution is -0.116.